The van der Waals surface area contributed by atoms with Crippen molar-refractivity contribution in [3.63, 3.8) is 0 Å². The van der Waals surface area contributed by atoms with E-state index in [9.17, 15) is 4.79 Å². The highest BCUT2D eigenvalue weighted by Crippen LogP contribution is 2.25. The lowest BCUT2D eigenvalue weighted by molar-refractivity contribution is -0.149. The molecule has 1 heterocycles. The summed E-state index contributed by atoms with van der Waals surface area (Å²) in [4.78, 5) is 13.9. The second kappa shape index (κ2) is 5.40. The Labute approximate surface area is 108 Å². The van der Waals surface area contributed by atoms with E-state index in [1.165, 1.54) is 5.56 Å². The van der Waals surface area contributed by atoms with Crippen LogP contribution >= 0.6 is 0 Å². The average molecular weight is 248 g/mol. The number of anilines is 1. The number of nitrogens with zero attached hydrogens (tertiary/aromatic N) is 1. The first-order valence-corrected chi connectivity index (χ1v) is 6.40. The Hall–Kier alpha value is -1.55. The maximum absolute atomic E-state index is 11.7. The van der Waals surface area contributed by atoms with Crippen molar-refractivity contribution in [3.8, 4) is 0 Å². The van der Waals surface area contributed by atoms with Crippen LogP contribution in [-0.4, -0.2) is 30.1 Å². The fraction of sp³-hybridized carbons (Fsp3) is 0.500. The van der Waals surface area contributed by atoms with Gasteiger partial charge in [0.15, 0.2) is 0 Å². The summed E-state index contributed by atoms with van der Waals surface area (Å²) >= 11 is 0. The van der Waals surface area contributed by atoms with E-state index < -0.39 is 0 Å². The molecule has 1 unspecified atom stereocenters. The smallest absolute Gasteiger partial charge is 0.323 e. The third-order valence-electron chi connectivity index (χ3n) is 3.51. The summed E-state index contributed by atoms with van der Waals surface area (Å²) in [6, 6.07) is 5.80. The number of benzene rings is 1. The molecular formula is C14H20N2O2. The van der Waals surface area contributed by atoms with Gasteiger partial charge >= 0.3 is 5.97 Å². The van der Waals surface area contributed by atoms with E-state index in [1.54, 1.807) is 0 Å². The fourth-order valence-electron chi connectivity index (χ4n) is 2.37. The largest absolute Gasteiger partial charge is 0.465 e. The van der Waals surface area contributed by atoms with Gasteiger partial charge in [0.25, 0.3) is 0 Å². The van der Waals surface area contributed by atoms with Crippen molar-refractivity contribution in [2.75, 3.05) is 18.9 Å². The van der Waals surface area contributed by atoms with Gasteiger partial charge in [0.2, 0.25) is 0 Å². The normalized spacial score (nSPS) is 17.0. The molecular weight excluding hydrogens is 228 g/mol. The predicted octanol–water partition coefficient (Wildman–Crippen LogP) is 1.58. The van der Waals surface area contributed by atoms with Crippen molar-refractivity contribution < 1.29 is 9.53 Å². The molecule has 1 aliphatic rings. The number of carbonyl (C=O) groups excluding carboxylic acids is 1. The summed E-state index contributed by atoms with van der Waals surface area (Å²) in [5, 5.41) is 0. The van der Waals surface area contributed by atoms with E-state index in [2.05, 4.69) is 11.0 Å². The van der Waals surface area contributed by atoms with E-state index in [-0.39, 0.29) is 12.0 Å². The molecule has 18 heavy (non-hydrogen) atoms. The third-order valence-corrected chi connectivity index (χ3v) is 3.51. The first-order chi connectivity index (χ1) is 8.63. The van der Waals surface area contributed by atoms with Crippen LogP contribution < -0.4 is 5.73 Å². The Morgan fingerprint density at radius 3 is 3.06 bits per heavy atom. The first kappa shape index (κ1) is 12.9. The number of ether oxygens (including phenoxy) is 1. The zero-order valence-corrected chi connectivity index (χ0v) is 11.0. The molecule has 1 aliphatic heterocycles. The van der Waals surface area contributed by atoms with Crippen LogP contribution in [0, 0.1) is 0 Å². The van der Waals surface area contributed by atoms with E-state index in [0.29, 0.717) is 6.61 Å². The van der Waals surface area contributed by atoms with Gasteiger partial charge in [-0.2, -0.15) is 0 Å². The molecule has 0 aliphatic carbocycles. The van der Waals surface area contributed by atoms with Crippen LogP contribution in [0.5, 0.6) is 0 Å². The van der Waals surface area contributed by atoms with Gasteiger partial charge < -0.3 is 10.5 Å². The summed E-state index contributed by atoms with van der Waals surface area (Å²) in [6.07, 6.45) is 0.935. The number of hydrogen-bond donors (Lipinski definition) is 1. The number of hydrogen-bond acceptors (Lipinski definition) is 4. The summed E-state index contributed by atoms with van der Waals surface area (Å²) in [7, 11) is 0. The van der Waals surface area contributed by atoms with Crippen LogP contribution in [0.25, 0.3) is 0 Å². The van der Waals surface area contributed by atoms with Crippen LogP contribution in [0.4, 0.5) is 5.69 Å². The van der Waals surface area contributed by atoms with Gasteiger partial charge in [0, 0.05) is 18.8 Å². The second-order valence-electron chi connectivity index (χ2n) is 4.63. The van der Waals surface area contributed by atoms with Gasteiger partial charge in [0.1, 0.15) is 6.04 Å². The number of rotatable bonds is 3. The third kappa shape index (κ3) is 2.48. The molecule has 98 valence electrons. The number of esters is 1. The minimum Gasteiger partial charge on any atom is -0.465 e. The molecule has 2 N–H and O–H groups in total. The quantitative estimate of drug-likeness (QED) is 0.652. The first-order valence-electron chi connectivity index (χ1n) is 6.40. The molecule has 4 heteroatoms. The Bertz CT molecular complexity index is 445. The SMILES string of the molecule is CCOC(=O)C(C)N1CCc2cccc(N)c2C1. The number of nitrogens with two attached hydrogens (primary N) is 1. The lowest BCUT2D eigenvalue weighted by Gasteiger charge is -2.32. The molecule has 4 nitrogen and oxygen atoms in total. The second-order valence-corrected chi connectivity index (χ2v) is 4.63. The zero-order valence-electron chi connectivity index (χ0n) is 11.0. The summed E-state index contributed by atoms with van der Waals surface area (Å²) in [5.41, 5.74) is 9.26. The van der Waals surface area contributed by atoms with Crippen molar-refractivity contribution >= 4 is 11.7 Å². The van der Waals surface area contributed by atoms with Gasteiger partial charge in [-0.1, -0.05) is 12.1 Å². The molecule has 1 atom stereocenters. The van der Waals surface area contributed by atoms with Crippen LogP contribution in [0.3, 0.4) is 0 Å². The fourth-order valence-corrected chi connectivity index (χ4v) is 2.37. The molecule has 0 aromatic heterocycles. The highest BCUT2D eigenvalue weighted by atomic mass is 16.5. The lowest BCUT2D eigenvalue weighted by atomic mass is 9.97. The minimum atomic E-state index is -0.210. The predicted molar refractivity (Wildman–Crippen MR) is 71.1 cm³/mol. The molecule has 1 aromatic rings. The van der Waals surface area contributed by atoms with Crippen LogP contribution in [-0.2, 0) is 22.5 Å². The summed E-state index contributed by atoms with van der Waals surface area (Å²) in [5.74, 6) is -0.157. The van der Waals surface area contributed by atoms with Gasteiger partial charge in [-0.25, -0.2) is 0 Å². The van der Waals surface area contributed by atoms with Gasteiger partial charge in [-0.15, -0.1) is 0 Å². The Balaban J connectivity index is 2.12. The van der Waals surface area contributed by atoms with Crippen LogP contribution in [0.1, 0.15) is 25.0 Å². The van der Waals surface area contributed by atoms with Crippen molar-refractivity contribution in [1.29, 1.82) is 0 Å². The van der Waals surface area contributed by atoms with Crippen molar-refractivity contribution in [3.05, 3.63) is 29.3 Å². The molecule has 0 spiro atoms. The van der Waals surface area contributed by atoms with Crippen LogP contribution in [0.15, 0.2) is 18.2 Å². The van der Waals surface area contributed by atoms with E-state index in [0.717, 1.165) is 30.8 Å². The molecule has 0 saturated heterocycles. The summed E-state index contributed by atoms with van der Waals surface area (Å²) < 4.78 is 5.06. The number of fused-ring (bicyclic) bond motifs is 1. The van der Waals surface area contributed by atoms with E-state index in [1.807, 2.05) is 26.0 Å². The standard InChI is InChI=1S/C14H20N2O2/c1-3-18-14(17)10(2)16-8-7-11-5-4-6-13(15)12(11)9-16/h4-6,10H,3,7-9,15H2,1-2H3. The van der Waals surface area contributed by atoms with E-state index >= 15 is 0 Å². The van der Waals surface area contributed by atoms with Gasteiger partial charge in [0.05, 0.1) is 6.61 Å². The number of nitrogen functional groups attached to an aromatic ring is 1. The topological polar surface area (TPSA) is 55.6 Å². The van der Waals surface area contributed by atoms with Crippen molar-refractivity contribution in [2.45, 2.75) is 32.9 Å². The maximum Gasteiger partial charge on any atom is 0.323 e. The summed E-state index contributed by atoms with van der Waals surface area (Å²) in [6.45, 7) is 5.74. The minimum absolute atomic E-state index is 0.157. The van der Waals surface area contributed by atoms with Gasteiger partial charge in [-0.3, -0.25) is 9.69 Å². The lowest BCUT2D eigenvalue weighted by Crippen LogP contribution is -2.43. The Morgan fingerprint density at radius 2 is 2.33 bits per heavy atom. The van der Waals surface area contributed by atoms with E-state index in [4.69, 9.17) is 10.5 Å². The highest BCUT2D eigenvalue weighted by molar-refractivity contribution is 5.75. The highest BCUT2D eigenvalue weighted by Gasteiger charge is 2.26. The zero-order chi connectivity index (χ0) is 13.1. The molecule has 0 saturated carbocycles. The van der Waals surface area contributed by atoms with Crippen molar-refractivity contribution in [2.24, 2.45) is 0 Å². The molecule has 0 bridgehead atoms. The Kier molecular flexibility index (Phi) is 3.87. The molecule has 0 radical (unpaired) electrons. The van der Waals surface area contributed by atoms with Crippen LogP contribution in [0.2, 0.25) is 0 Å². The Morgan fingerprint density at radius 1 is 1.56 bits per heavy atom. The maximum atomic E-state index is 11.7. The monoisotopic (exact) mass is 248 g/mol. The molecule has 1 aromatic carbocycles. The molecule has 0 amide bonds. The number of carbonyl (C=O) groups is 1. The van der Waals surface area contributed by atoms with Gasteiger partial charge in [-0.05, 0) is 37.5 Å². The molecule has 0 fully saturated rings. The average Bonchev–Trinajstić information content (AvgIpc) is 2.38. The molecule has 2 rings (SSSR count). The van der Waals surface area contributed by atoms with Crippen molar-refractivity contribution in [1.82, 2.24) is 4.90 Å².